The van der Waals surface area contributed by atoms with E-state index in [2.05, 4.69) is 5.32 Å². The summed E-state index contributed by atoms with van der Waals surface area (Å²) in [5.74, 6) is -3.49. The average molecular weight is 390 g/mol. The molecule has 1 atom stereocenters. The predicted molar refractivity (Wildman–Crippen MR) is 87.0 cm³/mol. The maximum Gasteiger partial charge on any atom is 0.418 e. The molecule has 0 aromatic heterocycles. The number of anilines is 2. The average Bonchev–Trinajstić information content (AvgIpc) is 2.56. The van der Waals surface area contributed by atoms with Gasteiger partial charge in [-0.05, 0) is 37.3 Å². The highest BCUT2D eigenvalue weighted by Gasteiger charge is 2.35. The molecule has 5 nitrogen and oxygen atoms in total. The van der Waals surface area contributed by atoms with E-state index in [1.54, 1.807) is 0 Å². The molecule has 0 aliphatic carbocycles. The van der Waals surface area contributed by atoms with Gasteiger partial charge in [0.2, 0.25) is 0 Å². The molecule has 0 fully saturated rings. The van der Waals surface area contributed by atoms with E-state index in [9.17, 15) is 31.9 Å². The van der Waals surface area contributed by atoms with Crippen LogP contribution in [0.15, 0.2) is 36.4 Å². The Hall–Kier alpha value is -2.88. The Kier molecular flexibility index (Phi) is 5.59. The van der Waals surface area contributed by atoms with Crippen molar-refractivity contribution in [3.8, 4) is 5.75 Å². The van der Waals surface area contributed by atoms with Gasteiger partial charge < -0.3 is 20.9 Å². The zero-order chi connectivity index (χ0) is 20.4. The fraction of sp³-hybridized carbons (Fsp3) is 0.235. The van der Waals surface area contributed by atoms with Gasteiger partial charge >= 0.3 is 6.18 Å². The lowest BCUT2D eigenvalue weighted by Gasteiger charge is -2.23. The number of carbonyl (C=O) groups excluding carboxylic acids is 1. The molecule has 0 aliphatic heterocycles. The van der Waals surface area contributed by atoms with E-state index in [1.807, 2.05) is 0 Å². The van der Waals surface area contributed by atoms with E-state index in [1.165, 1.54) is 0 Å². The van der Waals surface area contributed by atoms with Crippen molar-refractivity contribution in [3.63, 3.8) is 0 Å². The van der Waals surface area contributed by atoms with Crippen molar-refractivity contribution in [3.05, 3.63) is 53.6 Å². The lowest BCUT2D eigenvalue weighted by molar-refractivity contribution is -0.137. The highest BCUT2D eigenvalue weighted by molar-refractivity contribution is 5.97. The molecule has 0 aliphatic rings. The molecule has 2 aromatic carbocycles. The number of carbonyl (C=O) groups is 1. The van der Waals surface area contributed by atoms with Crippen molar-refractivity contribution in [1.29, 1.82) is 0 Å². The summed E-state index contributed by atoms with van der Waals surface area (Å²) in [6, 6.07) is 5.33. The van der Waals surface area contributed by atoms with Crippen molar-refractivity contribution in [2.75, 3.05) is 17.7 Å². The number of alkyl halides is 3. The van der Waals surface area contributed by atoms with Gasteiger partial charge in [-0.2, -0.15) is 13.2 Å². The van der Waals surface area contributed by atoms with Gasteiger partial charge in [-0.25, -0.2) is 8.78 Å². The lowest BCUT2D eigenvalue weighted by atomic mass is 10.1. The number of halogens is 5. The third-order valence-electron chi connectivity index (χ3n) is 3.52. The Labute approximate surface area is 150 Å². The molecule has 0 saturated heterocycles. The summed E-state index contributed by atoms with van der Waals surface area (Å²) in [6.45, 7) is 0.384. The largest absolute Gasteiger partial charge is 0.490 e. The lowest BCUT2D eigenvalue weighted by Crippen LogP contribution is -2.45. The second kappa shape index (κ2) is 7.39. The van der Waals surface area contributed by atoms with Crippen LogP contribution in [0, 0.1) is 11.6 Å². The Morgan fingerprint density at radius 2 is 1.81 bits per heavy atom. The predicted octanol–water partition coefficient (Wildman–Crippen LogP) is 3.33. The molecule has 0 bridgehead atoms. The maximum absolute atomic E-state index is 13.1. The number of amides is 1. The van der Waals surface area contributed by atoms with Gasteiger partial charge in [-0.3, -0.25) is 4.79 Å². The minimum atomic E-state index is -4.72. The summed E-state index contributed by atoms with van der Waals surface area (Å²) in [5, 5.41) is 12.3. The highest BCUT2D eigenvalue weighted by Crippen LogP contribution is 2.35. The zero-order valence-electron chi connectivity index (χ0n) is 13.9. The molecule has 1 amide bonds. The van der Waals surface area contributed by atoms with Crippen molar-refractivity contribution < 1.29 is 36.6 Å². The monoisotopic (exact) mass is 390 g/mol. The van der Waals surface area contributed by atoms with Crippen molar-refractivity contribution in [2.24, 2.45) is 0 Å². The number of hydrogen-bond donors (Lipinski definition) is 3. The summed E-state index contributed by atoms with van der Waals surface area (Å²) in [6.07, 6.45) is -4.72. The van der Waals surface area contributed by atoms with Crippen molar-refractivity contribution in [1.82, 2.24) is 0 Å². The van der Waals surface area contributed by atoms with E-state index in [0.29, 0.717) is 6.07 Å². The van der Waals surface area contributed by atoms with Gasteiger partial charge in [0.05, 0.1) is 5.56 Å². The molecule has 27 heavy (non-hydrogen) atoms. The summed E-state index contributed by atoms with van der Waals surface area (Å²) in [5.41, 5.74) is 1.19. The Morgan fingerprint density at radius 3 is 2.41 bits per heavy atom. The first-order valence-corrected chi connectivity index (χ1v) is 7.48. The smallest absolute Gasteiger partial charge is 0.418 e. The fourth-order valence-electron chi connectivity index (χ4n) is 2.00. The van der Waals surface area contributed by atoms with Crippen LogP contribution in [-0.2, 0) is 11.0 Å². The van der Waals surface area contributed by atoms with Gasteiger partial charge in [0, 0.05) is 17.4 Å². The van der Waals surface area contributed by atoms with Crippen LogP contribution in [0.5, 0.6) is 5.75 Å². The molecule has 146 valence electrons. The first-order valence-electron chi connectivity index (χ1n) is 7.48. The van der Waals surface area contributed by atoms with E-state index < -0.39 is 47.2 Å². The van der Waals surface area contributed by atoms with Gasteiger partial charge in [-0.1, -0.05) is 0 Å². The number of hydrogen-bond acceptors (Lipinski definition) is 4. The number of benzene rings is 2. The molecule has 0 unspecified atom stereocenters. The van der Waals surface area contributed by atoms with Gasteiger partial charge in [0.1, 0.15) is 12.4 Å². The van der Waals surface area contributed by atoms with Crippen molar-refractivity contribution in [2.45, 2.75) is 18.7 Å². The Balaban J connectivity index is 2.08. The van der Waals surface area contributed by atoms with Crippen LogP contribution in [0.4, 0.5) is 33.3 Å². The summed E-state index contributed by atoms with van der Waals surface area (Å²) < 4.78 is 69.6. The quantitative estimate of drug-likeness (QED) is 0.540. The third kappa shape index (κ3) is 5.07. The highest BCUT2D eigenvalue weighted by atomic mass is 19.4. The van der Waals surface area contributed by atoms with Crippen LogP contribution in [0.1, 0.15) is 12.5 Å². The number of ether oxygens (including phenoxy) is 1. The minimum absolute atomic E-state index is 0.145. The van der Waals surface area contributed by atoms with E-state index in [0.717, 1.165) is 37.3 Å². The first-order chi connectivity index (χ1) is 12.4. The van der Waals surface area contributed by atoms with Crippen LogP contribution >= 0.6 is 0 Å². The van der Waals surface area contributed by atoms with Crippen LogP contribution in [-0.4, -0.2) is 23.2 Å². The SMILES string of the molecule is C[C@](O)(COc1ccc(F)c(F)c1)C(=O)Nc1ccc(N)c(C(F)(F)F)c1. The summed E-state index contributed by atoms with van der Waals surface area (Å²) in [4.78, 5) is 12.1. The van der Waals surface area contributed by atoms with Gasteiger partial charge in [0.15, 0.2) is 17.2 Å². The van der Waals surface area contributed by atoms with Gasteiger partial charge in [0.25, 0.3) is 5.91 Å². The second-order valence-corrected chi connectivity index (χ2v) is 5.89. The van der Waals surface area contributed by atoms with E-state index in [4.69, 9.17) is 10.5 Å². The summed E-state index contributed by atoms with van der Waals surface area (Å²) in [7, 11) is 0. The van der Waals surface area contributed by atoms with Crippen LogP contribution in [0.25, 0.3) is 0 Å². The molecular formula is C17H15F5N2O3. The molecule has 0 heterocycles. The topological polar surface area (TPSA) is 84.6 Å². The number of nitrogens with one attached hydrogen (secondary N) is 1. The number of aliphatic hydroxyl groups is 1. The van der Waals surface area contributed by atoms with Gasteiger partial charge in [-0.15, -0.1) is 0 Å². The first kappa shape index (κ1) is 20.4. The van der Waals surface area contributed by atoms with Crippen LogP contribution < -0.4 is 15.8 Å². The van der Waals surface area contributed by atoms with E-state index in [-0.39, 0.29) is 11.4 Å². The van der Waals surface area contributed by atoms with Crippen molar-refractivity contribution >= 4 is 17.3 Å². The molecule has 2 aromatic rings. The molecule has 0 saturated carbocycles. The second-order valence-electron chi connectivity index (χ2n) is 5.89. The molecular weight excluding hydrogens is 375 g/mol. The number of rotatable bonds is 5. The molecule has 2 rings (SSSR count). The summed E-state index contributed by atoms with van der Waals surface area (Å²) >= 11 is 0. The molecule has 10 heteroatoms. The molecule has 0 spiro atoms. The molecule has 0 radical (unpaired) electrons. The molecule has 4 N–H and O–H groups in total. The fourth-order valence-corrected chi connectivity index (χ4v) is 2.00. The zero-order valence-corrected chi connectivity index (χ0v) is 13.9. The Bertz CT molecular complexity index is 853. The van der Waals surface area contributed by atoms with Crippen LogP contribution in [0.2, 0.25) is 0 Å². The number of nitrogens with two attached hydrogens (primary N) is 1. The maximum atomic E-state index is 13.1. The minimum Gasteiger partial charge on any atom is -0.490 e. The number of nitrogen functional groups attached to an aromatic ring is 1. The van der Waals surface area contributed by atoms with Crippen LogP contribution in [0.3, 0.4) is 0 Å². The standard InChI is InChI=1S/C17H15F5N2O3/c1-16(26,8-27-10-3-4-12(18)13(19)7-10)15(25)24-9-2-5-14(23)11(6-9)17(20,21)22/h2-7,26H,8,23H2,1H3,(H,24,25)/t16-/m0/s1. The van der Waals surface area contributed by atoms with E-state index >= 15 is 0 Å². The third-order valence-corrected chi connectivity index (χ3v) is 3.52. The normalized spacial score (nSPS) is 13.7. The Morgan fingerprint density at radius 1 is 1.15 bits per heavy atom.